The Balaban J connectivity index is 1.24. The van der Waals surface area contributed by atoms with Gasteiger partial charge in [0.2, 0.25) is 0 Å². The number of hydrogen-bond donors (Lipinski definition) is 3. The van der Waals surface area contributed by atoms with Crippen LogP contribution in [-0.2, 0) is 9.53 Å². The summed E-state index contributed by atoms with van der Waals surface area (Å²) in [5, 5.41) is 27.4. The molecule has 1 amide bonds. The van der Waals surface area contributed by atoms with Crippen LogP contribution in [0.1, 0.15) is 72.6 Å². The first-order valence-corrected chi connectivity index (χ1v) is 13.3. The Labute approximate surface area is 233 Å². The third-order valence-electron chi connectivity index (χ3n) is 7.56. The fourth-order valence-corrected chi connectivity index (χ4v) is 5.18. The largest absolute Gasteiger partial charge is 0.368 e. The summed E-state index contributed by atoms with van der Waals surface area (Å²) in [7, 11) is 1.59. The topological polar surface area (TPSA) is 146 Å². The predicted molar refractivity (Wildman–Crippen MR) is 149 cm³/mol. The molecule has 0 unspecified atom stereocenters. The number of hydrogen-bond acceptors (Lipinski definition) is 8. The molecule has 1 aliphatic carbocycles. The second-order valence-corrected chi connectivity index (χ2v) is 10.4. The number of nitrogens with zero attached hydrogens (tertiary/aromatic N) is 6. The molecule has 4 heterocycles. The Hall–Kier alpha value is -4.56. The number of carbonyl (C=O) groups excluding carboxylic acids is 1. The van der Waals surface area contributed by atoms with Crippen LogP contribution in [0, 0.1) is 25.2 Å². The van der Waals surface area contributed by atoms with Crippen LogP contribution in [0.2, 0.25) is 0 Å². The Morgan fingerprint density at radius 1 is 1.20 bits per heavy atom. The van der Waals surface area contributed by atoms with E-state index in [4.69, 9.17) is 9.72 Å². The second kappa shape index (κ2) is 11.3. The van der Waals surface area contributed by atoms with Crippen molar-refractivity contribution in [3.8, 4) is 11.9 Å². The van der Waals surface area contributed by atoms with Crippen molar-refractivity contribution >= 4 is 17.5 Å². The van der Waals surface area contributed by atoms with Crippen molar-refractivity contribution in [2.75, 3.05) is 12.4 Å². The molecule has 0 aromatic carbocycles. The van der Waals surface area contributed by atoms with Gasteiger partial charge in [-0.3, -0.25) is 9.89 Å². The first-order chi connectivity index (χ1) is 19.3. The Morgan fingerprint density at radius 2 is 2.00 bits per heavy atom. The number of amides is 1. The van der Waals surface area contributed by atoms with Crippen LogP contribution < -0.4 is 10.6 Å². The summed E-state index contributed by atoms with van der Waals surface area (Å²) in [6, 6.07) is 11.3. The van der Waals surface area contributed by atoms with E-state index in [1.165, 1.54) is 0 Å². The number of pyridine rings is 2. The maximum atomic E-state index is 13.5. The summed E-state index contributed by atoms with van der Waals surface area (Å²) in [6.45, 7) is 5.84. The third-order valence-corrected chi connectivity index (χ3v) is 7.56. The number of nitriles is 1. The number of carbonyl (C=O) groups is 1. The fourth-order valence-electron chi connectivity index (χ4n) is 5.18. The minimum Gasteiger partial charge on any atom is -0.368 e. The number of ether oxygens (including phenoxy) is 1. The summed E-state index contributed by atoms with van der Waals surface area (Å²) in [5.74, 6) is 1.89. The van der Waals surface area contributed by atoms with E-state index in [9.17, 15) is 10.1 Å². The van der Waals surface area contributed by atoms with Crippen molar-refractivity contribution in [2.45, 2.75) is 64.0 Å². The number of nitrogens with one attached hydrogen (secondary N) is 3. The maximum Gasteiger partial charge on any atom is 0.252 e. The molecular formula is C29H33N9O2. The van der Waals surface area contributed by atoms with E-state index >= 15 is 0 Å². The average Bonchev–Trinajstić information content (AvgIpc) is 3.60. The van der Waals surface area contributed by atoms with Gasteiger partial charge in [-0.1, -0.05) is 6.07 Å². The molecule has 5 rings (SSSR count). The zero-order valence-electron chi connectivity index (χ0n) is 23.1. The standard InChI is InChI=1S/C29H33N9O2/c1-18-15-32-38(17-18)26-8-6-23(16-31-26)20(3)33-28(39)29(40-4)11-9-21(10-12-29)27-22(14-30)5-7-24(35-27)34-25-13-19(2)36-37-25/h5-8,13,15-17,20-21H,9-12H2,1-4H3,(H,33,39)(H2,34,35,36,37)/t20-,21?,29?/m0/s1. The van der Waals surface area contributed by atoms with Crippen LogP contribution in [0.15, 0.2) is 48.9 Å². The summed E-state index contributed by atoms with van der Waals surface area (Å²) < 4.78 is 7.57. The van der Waals surface area contributed by atoms with E-state index in [-0.39, 0.29) is 17.9 Å². The number of H-pyrrole nitrogens is 1. The summed E-state index contributed by atoms with van der Waals surface area (Å²) in [5.41, 5.74) is 3.21. The first-order valence-electron chi connectivity index (χ1n) is 13.3. The SMILES string of the molecule is COC1(C(=O)N[C@@H](C)c2ccc(-n3cc(C)cn3)nc2)CCC(c2nc(Nc3cc(C)[nH]n3)ccc2C#N)CC1. The average molecular weight is 540 g/mol. The molecule has 4 aromatic heterocycles. The number of aromatic nitrogens is 6. The van der Waals surface area contributed by atoms with Gasteiger partial charge in [0.15, 0.2) is 11.6 Å². The molecule has 1 saturated carbocycles. The van der Waals surface area contributed by atoms with Gasteiger partial charge in [0.1, 0.15) is 17.5 Å². The Bertz CT molecular complexity index is 1530. The minimum atomic E-state index is -0.944. The highest BCUT2D eigenvalue weighted by Crippen LogP contribution is 2.41. The number of anilines is 2. The molecule has 11 heteroatoms. The second-order valence-electron chi connectivity index (χ2n) is 10.4. The van der Waals surface area contributed by atoms with Gasteiger partial charge < -0.3 is 15.4 Å². The molecule has 206 valence electrons. The van der Waals surface area contributed by atoms with Crippen molar-refractivity contribution in [1.82, 2.24) is 35.3 Å². The van der Waals surface area contributed by atoms with Gasteiger partial charge in [-0.25, -0.2) is 14.6 Å². The molecule has 1 fully saturated rings. The molecule has 1 aliphatic rings. The molecule has 4 aromatic rings. The highest BCUT2D eigenvalue weighted by molar-refractivity contribution is 5.85. The van der Waals surface area contributed by atoms with Crippen LogP contribution in [0.5, 0.6) is 0 Å². The molecule has 0 saturated heterocycles. The van der Waals surface area contributed by atoms with E-state index in [0.29, 0.717) is 48.7 Å². The lowest BCUT2D eigenvalue weighted by Gasteiger charge is -2.38. The van der Waals surface area contributed by atoms with E-state index < -0.39 is 5.60 Å². The normalized spacial score (nSPS) is 19.5. The van der Waals surface area contributed by atoms with E-state index in [1.807, 2.05) is 45.2 Å². The van der Waals surface area contributed by atoms with E-state index in [2.05, 4.69) is 37.0 Å². The zero-order valence-corrected chi connectivity index (χ0v) is 23.1. The van der Waals surface area contributed by atoms with Crippen molar-refractivity contribution < 1.29 is 9.53 Å². The smallest absolute Gasteiger partial charge is 0.252 e. The van der Waals surface area contributed by atoms with Gasteiger partial charge in [-0.05, 0) is 75.8 Å². The summed E-state index contributed by atoms with van der Waals surface area (Å²) in [4.78, 5) is 22.8. The predicted octanol–water partition coefficient (Wildman–Crippen LogP) is 4.54. The minimum absolute atomic E-state index is 0.0356. The lowest BCUT2D eigenvalue weighted by Crippen LogP contribution is -2.50. The van der Waals surface area contributed by atoms with Crippen molar-refractivity contribution in [1.29, 1.82) is 5.26 Å². The lowest BCUT2D eigenvalue weighted by atomic mass is 9.76. The van der Waals surface area contributed by atoms with Crippen LogP contribution >= 0.6 is 0 Å². The molecule has 0 aliphatic heterocycles. The number of rotatable bonds is 8. The first kappa shape index (κ1) is 27.0. The Morgan fingerprint density at radius 3 is 2.60 bits per heavy atom. The van der Waals surface area contributed by atoms with Crippen molar-refractivity contribution in [3.63, 3.8) is 0 Å². The molecule has 0 bridgehead atoms. The molecule has 0 spiro atoms. The molecule has 40 heavy (non-hydrogen) atoms. The van der Waals surface area contributed by atoms with Gasteiger partial charge in [0.25, 0.3) is 5.91 Å². The molecule has 0 radical (unpaired) electrons. The number of aryl methyl sites for hydroxylation is 2. The van der Waals surface area contributed by atoms with Gasteiger partial charge in [-0.2, -0.15) is 15.5 Å². The van der Waals surface area contributed by atoms with E-state index in [0.717, 1.165) is 22.5 Å². The molecule has 3 N–H and O–H groups in total. The van der Waals surface area contributed by atoms with Gasteiger partial charge in [0.05, 0.1) is 23.5 Å². The van der Waals surface area contributed by atoms with Crippen molar-refractivity contribution in [2.24, 2.45) is 0 Å². The van der Waals surface area contributed by atoms with Crippen LogP contribution in [0.25, 0.3) is 5.82 Å². The number of methoxy groups -OCH3 is 1. The van der Waals surface area contributed by atoms with Gasteiger partial charge in [-0.15, -0.1) is 0 Å². The zero-order chi connectivity index (χ0) is 28.3. The van der Waals surface area contributed by atoms with Crippen LogP contribution in [0.3, 0.4) is 0 Å². The van der Waals surface area contributed by atoms with Crippen LogP contribution in [0.4, 0.5) is 11.6 Å². The summed E-state index contributed by atoms with van der Waals surface area (Å²) in [6.07, 6.45) is 7.83. The molecule has 11 nitrogen and oxygen atoms in total. The number of aromatic amines is 1. The fraction of sp³-hybridized carbons (Fsp3) is 0.379. The monoisotopic (exact) mass is 539 g/mol. The third kappa shape index (κ3) is 5.58. The highest BCUT2D eigenvalue weighted by atomic mass is 16.5. The lowest BCUT2D eigenvalue weighted by molar-refractivity contribution is -0.148. The highest BCUT2D eigenvalue weighted by Gasteiger charge is 2.43. The van der Waals surface area contributed by atoms with Gasteiger partial charge in [0, 0.05) is 37.2 Å². The molecule has 1 atom stereocenters. The maximum absolute atomic E-state index is 13.5. The van der Waals surface area contributed by atoms with Crippen LogP contribution in [-0.4, -0.2) is 48.6 Å². The quantitative estimate of drug-likeness (QED) is 0.296. The molecular weight excluding hydrogens is 506 g/mol. The van der Waals surface area contributed by atoms with Gasteiger partial charge >= 0.3 is 0 Å². The van der Waals surface area contributed by atoms with E-state index in [1.54, 1.807) is 36.3 Å². The summed E-state index contributed by atoms with van der Waals surface area (Å²) >= 11 is 0. The Kier molecular flexibility index (Phi) is 7.62. The van der Waals surface area contributed by atoms with Crippen molar-refractivity contribution in [3.05, 3.63) is 77.0 Å².